The molecule has 6 heteroatoms. The third-order valence-electron chi connectivity index (χ3n) is 4.06. The van der Waals surface area contributed by atoms with Gasteiger partial charge in [-0.3, -0.25) is 4.79 Å². The third-order valence-corrected chi connectivity index (χ3v) is 4.06. The van der Waals surface area contributed by atoms with Crippen molar-refractivity contribution in [1.29, 1.82) is 0 Å². The van der Waals surface area contributed by atoms with Crippen molar-refractivity contribution in [2.75, 3.05) is 6.54 Å². The molecule has 3 N–H and O–H groups in total. The van der Waals surface area contributed by atoms with Crippen molar-refractivity contribution >= 4 is 5.91 Å². The van der Waals surface area contributed by atoms with Gasteiger partial charge in [0.25, 0.3) is 5.91 Å². The van der Waals surface area contributed by atoms with E-state index in [4.69, 9.17) is 5.73 Å². The molecule has 1 amide bonds. The first-order chi connectivity index (χ1) is 9.88. The number of hydrogen-bond donors (Lipinski definition) is 2. The standard InChI is InChI=1S/C15H19F3N2O/c16-15(17,18)12-7-3-2-6-11(12)13(21)20-14(10-19)8-4-1-5-9-14/h2-3,6-7H,1,4-5,8-10,19H2,(H,20,21). The zero-order valence-corrected chi connectivity index (χ0v) is 11.7. The van der Waals surface area contributed by atoms with E-state index in [0.29, 0.717) is 12.8 Å². The summed E-state index contributed by atoms with van der Waals surface area (Å²) in [5.41, 5.74) is 3.92. The first-order valence-corrected chi connectivity index (χ1v) is 7.07. The number of halogens is 3. The SMILES string of the molecule is NCC1(NC(=O)c2ccccc2C(F)(F)F)CCCCC1. The van der Waals surface area contributed by atoms with Gasteiger partial charge in [-0.15, -0.1) is 0 Å². The number of carbonyl (C=O) groups is 1. The van der Waals surface area contributed by atoms with Crippen LogP contribution in [0, 0.1) is 0 Å². The van der Waals surface area contributed by atoms with Crippen LogP contribution in [0.15, 0.2) is 24.3 Å². The molecule has 0 atom stereocenters. The number of rotatable bonds is 3. The van der Waals surface area contributed by atoms with Gasteiger partial charge in [0.15, 0.2) is 0 Å². The van der Waals surface area contributed by atoms with E-state index >= 15 is 0 Å². The molecule has 0 heterocycles. The van der Waals surface area contributed by atoms with Crippen molar-refractivity contribution in [1.82, 2.24) is 5.32 Å². The predicted molar refractivity (Wildman–Crippen MR) is 73.8 cm³/mol. The number of benzene rings is 1. The van der Waals surface area contributed by atoms with E-state index in [1.165, 1.54) is 18.2 Å². The summed E-state index contributed by atoms with van der Waals surface area (Å²) in [6.07, 6.45) is -0.198. The lowest BCUT2D eigenvalue weighted by Crippen LogP contribution is -2.54. The molecule has 0 radical (unpaired) electrons. The average molecular weight is 300 g/mol. The summed E-state index contributed by atoms with van der Waals surface area (Å²) in [4.78, 5) is 12.3. The molecule has 0 aromatic heterocycles. The summed E-state index contributed by atoms with van der Waals surface area (Å²) >= 11 is 0. The zero-order chi connectivity index (χ0) is 15.5. The van der Waals surface area contributed by atoms with Gasteiger partial charge in [0.2, 0.25) is 0 Å². The maximum Gasteiger partial charge on any atom is 0.417 e. The Hall–Kier alpha value is -1.56. The van der Waals surface area contributed by atoms with E-state index in [2.05, 4.69) is 5.32 Å². The monoisotopic (exact) mass is 300 g/mol. The minimum absolute atomic E-state index is 0.243. The fourth-order valence-electron chi connectivity index (χ4n) is 2.85. The fourth-order valence-corrected chi connectivity index (χ4v) is 2.85. The van der Waals surface area contributed by atoms with Gasteiger partial charge in [-0.25, -0.2) is 0 Å². The van der Waals surface area contributed by atoms with Gasteiger partial charge >= 0.3 is 6.18 Å². The number of amides is 1. The molecule has 0 saturated heterocycles. The summed E-state index contributed by atoms with van der Waals surface area (Å²) in [5, 5.41) is 2.75. The molecular formula is C15H19F3N2O. The number of carbonyl (C=O) groups excluding carboxylic acids is 1. The molecule has 1 aliphatic rings. The van der Waals surface area contributed by atoms with E-state index in [9.17, 15) is 18.0 Å². The van der Waals surface area contributed by atoms with Gasteiger partial charge in [0, 0.05) is 6.54 Å². The highest BCUT2D eigenvalue weighted by atomic mass is 19.4. The van der Waals surface area contributed by atoms with Gasteiger partial charge in [-0.2, -0.15) is 13.2 Å². The molecule has 1 fully saturated rings. The smallest absolute Gasteiger partial charge is 0.345 e. The Morgan fingerprint density at radius 3 is 2.38 bits per heavy atom. The topological polar surface area (TPSA) is 55.1 Å². The summed E-state index contributed by atoms with van der Waals surface area (Å²) in [7, 11) is 0. The fraction of sp³-hybridized carbons (Fsp3) is 0.533. The molecule has 0 spiro atoms. The van der Waals surface area contributed by atoms with Crippen molar-refractivity contribution in [3.63, 3.8) is 0 Å². The molecule has 1 aliphatic carbocycles. The van der Waals surface area contributed by atoms with Crippen LogP contribution in [0.3, 0.4) is 0 Å². The molecule has 0 bridgehead atoms. The van der Waals surface area contributed by atoms with Gasteiger partial charge in [-0.05, 0) is 25.0 Å². The Bertz CT molecular complexity index is 508. The number of alkyl halides is 3. The lowest BCUT2D eigenvalue weighted by atomic mass is 9.81. The Morgan fingerprint density at radius 2 is 1.81 bits per heavy atom. The van der Waals surface area contributed by atoms with Gasteiger partial charge in [0.1, 0.15) is 0 Å². The molecule has 2 rings (SSSR count). The van der Waals surface area contributed by atoms with Crippen LogP contribution in [0.25, 0.3) is 0 Å². The summed E-state index contributed by atoms with van der Waals surface area (Å²) in [5.74, 6) is -0.699. The summed E-state index contributed by atoms with van der Waals surface area (Å²) in [6, 6.07) is 4.83. The van der Waals surface area contributed by atoms with Crippen molar-refractivity contribution in [2.24, 2.45) is 5.73 Å². The van der Waals surface area contributed by atoms with Crippen molar-refractivity contribution in [2.45, 2.75) is 43.8 Å². The van der Waals surface area contributed by atoms with Gasteiger partial charge < -0.3 is 11.1 Å². The second-order valence-electron chi connectivity index (χ2n) is 5.54. The Morgan fingerprint density at radius 1 is 1.19 bits per heavy atom. The minimum Gasteiger partial charge on any atom is -0.345 e. The molecule has 1 aromatic rings. The van der Waals surface area contributed by atoms with Crippen LogP contribution in [0.4, 0.5) is 13.2 Å². The zero-order valence-electron chi connectivity index (χ0n) is 11.7. The van der Waals surface area contributed by atoms with Gasteiger partial charge in [0.05, 0.1) is 16.7 Å². The van der Waals surface area contributed by atoms with Gasteiger partial charge in [-0.1, -0.05) is 31.4 Å². The molecule has 3 nitrogen and oxygen atoms in total. The van der Waals surface area contributed by atoms with Crippen molar-refractivity contribution in [3.05, 3.63) is 35.4 Å². The second-order valence-corrected chi connectivity index (χ2v) is 5.54. The highest BCUT2D eigenvalue weighted by Gasteiger charge is 2.37. The summed E-state index contributed by atoms with van der Waals surface area (Å²) < 4.78 is 38.9. The number of nitrogens with one attached hydrogen (secondary N) is 1. The summed E-state index contributed by atoms with van der Waals surface area (Å²) in [6.45, 7) is 0.243. The van der Waals surface area contributed by atoms with E-state index in [1.807, 2.05) is 0 Å². The number of hydrogen-bond acceptors (Lipinski definition) is 2. The first kappa shape index (κ1) is 15.8. The van der Waals surface area contributed by atoms with E-state index in [-0.39, 0.29) is 12.1 Å². The average Bonchev–Trinajstić information content (AvgIpc) is 2.47. The van der Waals surface area contributed by atoms with Crippen LogP contribution in [0.5, 0.6) is 0 Å². The van der Waals surface area contributed by atoms with E-state index in [1.54, 1.807) is 0 Å². The molecular weight excluding hydrogens is 281 g/mol. The molecule has 1 saturated carbocycles. The van der Waals surface area contributed by atoms with Crippen molar-refractivity contribution in [3.8, 4) is 0 Å². The minimum atomic E-state index is -4.55. The molecule has 1 aromatic carbocycles. The van der Waals surface area contributed by atoms with Crippen molar-refractivity contribution < 1.29 is 18.0 Å². The first-order valence-electron chi connectivity index (χ1n) is 7.07. The molecule has 0 unspecified atom stereocenters. The second kappa shape index (κ2) is 6.05. The highest BCUT2D eigenvalue weighted by Crippen LogP contribution is 2.33. The molecule has 116 valence electrons. The maximum atomic E-state index is 13.0. The number of nitrogens with two attached hydrogens (primary N) is 1. The Kier molecular flexibility index (Phi) is 4.56. The van der Waals surface area contributed by atoms with E-state index in [0.717, 1.165) is 25.3 Å². The maximum absolute atomic E-state index is 13.0. The largest absolute Gasteiger partial charge is 0.417 e. The van der Waals surface area contributed by atoms with E-state index < -0.39 is 23.2 Å². The van der Waals surface area contributed by atoms with Crippen LogP contribution in [0.2, 0.25) is 0 Å². The predicted octanol–water partition coefficient (Wildman–Crippen LogP) is 3.10. The van der Waals surface area contributed by atoms with Crippen LogP contribution >= 0.6 is 0 Å². The normalized spacial score (nSPS) is 18.3. The third kappa shape index (κ3) is 3.56. The highest BCUT2D eigenvalue weighted by molar-refractivity contribution is 5.96. The Balaban J connectivity index is 2.24. The lowest BCUT2D eigenvalue weighted by molar-refractivity contribution is -0.138. The lowest BCUT2D eigenvalue weighted by Gasteiger charge is -2.37. The molecule has 21 heavy (non-hydrogen) atoms. The Labute approximate surface area is 121 Å². The van der Waals surface area contributed by atoms with Crippen LogP contribution in [-0.2, 0) is 6.18 Å². The van der Waals surface area contributed by atoms with Crippen LogP contribution in [-0.4, -0.2) is 18.0 Å². The van der Waals surface area contributed by atoms with Crippen LogP contribution < -0.4 is 11.1 Å². The van der Waals surface area contributed by atoms with Crippen LogP contribution in [0.1, 0.15) is 48.0 Å². The quantitative estimate of drug-likeness (QED) is 0.901. The molecule has 0 aliphatic heterocycles.